The lowest BCUT2D eigenvalue weighted by molar-refractivity contribution is -0.125. The van der Waals surface area contributed by atoms with Crippen LogP contribution in [0.3, 0.4) is 0 Å². The number of hydrogen-bond donors (Lipinski definition) is 2. The van der Waals surface area contributed by atoms with Gasteiger partial charge in [0.2, 0.25) is 11.8 Å². The Balaban J connectivity index is 1.56. The second-order valence-corrected chi connectivity index (χ2v) is 6.94. The summed E-state index contributed by atoms with van der Waals surface area (Å²) < 4.78 is 4.74. The Hall–Kier alpha value is -2.57. The number of likely N-dealkylation sites (tertiary alicyclic amines) is 1. The van der Waals surface area contributed by atoms with Crippen LogP contribution in [-0.4, -0.2) is 42.5 Å². The number of nitrogens with one attached hydrogen (secondary N) is 2. The largest absolute Gasteiger partial charge is 0.453 e. The third-order valence-corrected chi connectivity index (χ3v) is 4.95. The molecular weight excluding hydrogens is 334 g/mol. The predicted molar refractivity (Wildman–Crippen MR) is 96.5 cm³/mol. The van der Waals surface area contributed by atoms with Crippen molar-refractivity contribution in [1.82, 2.24) is 10.2 Å². The summed E-state index contributed by atoms with van der Waals surface area (Å²) in [6.07, 6.45) is 2.90. The zero-order chi connectivity index (χ0) is 18.7. The molecule has 2 fully saturated rings. The van der Waals surface area contributed by atoms with Crippen LogP contribution in [0.4, 0.5) is 10.5 Å². The van der Waals surface area contributed by atoms with Crippen LogP contribution >= 0.6 is 0 Å². The molecule has 1 aliphatic carbocycles. The molecule has 1 aromatic carbocycles. The molecule has 140 valence electrons. The highest BCUT2D eigenvalue weighted by Gasteiger charge is 2.35. The van der Waals surface area contributed by atoms with E-state index in [2.05, 4.69) is 10.6 Å². The minimum atomic E-state index is -0.484. The maximum absolute atomic E-state index is 12.5. The average Bonchev–Trinajstić information content (AvgIpc) is 3.38. The van der Waals surface area contributed by atoms with Crippen molar-refractivity contribution in [2.24, 2.45) is 5.92 Å². The molecule has 26 heavy (non-hydrogen) atoms. The molecule has 2 N–H and O–H groups in total. The smallest absolute Gasteiger partial charge is 0.410 e. The normalized spacial score (nSPS) is 20.4. The Morgan fingerprint density at radius 2 is 1.81 bits per heavy atom. The van der Waals surface area contributed by atoms with E-state index in [0.29, 0.717) is 13.0 Å². The molecule has 2 aliphatic rings. The molecule has 0 spiro atoms. The van der Waals surface area contributed by atoms with Crippen molar-refractivity contribution in [2.45, 2.75) is 44.7 Å². The van der Waals surface area contributed by atoms with Gasteiger partial charge in [0.1, 0.15) is 6.04 Å². The molecule has 3 amide bonds. The molecular formula is C19H25N3O4. The van der Waals surface area contributed by atoms with Crippen LogP contribution in [0.5, 0.6) is 0 Å². The third kappa shape index (κ3) is 4.15. The monoisotopic (exact) mass is 359 g/mol. The van der Waals surface area contributed by atoms with Gasteiger partial charge in [0.15, 0.2) is 0 Å². The van der Waals surface area contributed by atoms with E-state index in [1.807, 2.05) is 31.2 Å². The first kappa shape index (κ1) is 18.2. The summed E-state index contributed by atoms with van der Waals surface area (Å²) in [4.78, 5) is 37.5. The average molecular weight is 359 g/mol. The maximum Gasteiger partial charge on any atom is 0.410 e. The second-order valence-electron chi connectivity index (χ2n) is 6.94. The Kier molecular flexibility index (Phi) is 5.44. The summed E-state index contributed by atoms with van der Waals surface area (Å²) in [5.74, 6) is 0.0619. The summed E-state index contributed by atoms with van der Waals surface area (Å²) in [7, 11) is 1.32. The van der Waals surface area contributed by atoms with Gasteiger partial charge in [0, 0.05) is 18.2 Å². The number of benzene rings is 1. The van der Waals surface area contributed by atoms with E-state index in [9.17, 15) is 14.4 Å². The lowest BCUT2D eigenvalue weighted by Gasteiger charge is -2.24. The van der Waals surface area contributed by atoms with Gasteiger partial charge in [0.05, 0.1) is 13.2 Å². The van der Waals surface area contributed by atoms with Crippen molar-refractivity contribution in [3.05, 3.63) is 29.8 Å². The van der Waals surface area contributed by atoms with Crippen molar-refractivity contribution in [2.75, 3.05) is 19.0 Å². The molecule has 2 unspecified atom stereocenters. The first-order valence-electron chi connectivity index (χ1n) is 9.05. The molecule has 2 atom stereocenters. The van der Waals surface area contributed by atoms with E-state index in [4.69, 9.17) is 4.74 Å². The molecule has 0 aromatic heterocycles. The molecule has 7 nitrogen and oxygen atoms in total. The predicted octanol–water partition coefficient (Wildman–Crippen LogP) is 2.44. The number of hydrogen-bond acceptors (Lipinski definition) is 4. The fourth-order valence-electron chi connectivity index (χ4n) is 3.21. The van der Waals surface area contributed by atoms with Gasteiger partial charge in [-0.2, -0.15) is 0 Å². The minimum absolute atomic E-state index is 0.0724. The van der Waals surface area contributed by atoms with E-state index in [-0.39, 0.29) is 23.8 Å². The zero-order valence-electron chi connectivity index (χ0n) is 15.2. The summed E-state index contributed by atoms with van der Waals surface area (Å²) >= 11 is 0. The number of methoxy groups -OCH3 is 1. The van der Waals surface area contributed by atoms with E-state index >= 15 is 0 Å². The number of ether oxygens (including phenoxy) is 1. The second kappa shape index (κ2) is 7.76. The number of carbonyl (C=O) groups is 3. The Bertz CT molecular complexity index is 685. The Morgan fingerprint density at radius 3 is 2.42 bits per heavy atom. The lowest BCUT2D eigenvalue weighted by Crippen LogP contribution is -2.46. The Labute approximate surface area is 153 Å². The van der Waals surface area contributed by atoms with Crippen LogP contribution in [0.25, 0.3) is 0 Å². The molecule has 0 bridgehead atoms. The van der Waals surface area contributed by atoms with E-state index < -0.39 is 12.1 Å². The molecule has 7 heteroatoms. The lowest BCUT2D eigenvalue weighted by atomic mass is 10.1. The number of rotatable bonds is 5. The van der Waals surface area contributed by atoms with Crippen LogP contribution < -0.4 is 10.6 Å². The maximum atomic E-state index is 12.5. The molecule has 1 saturated heterocycles. The minimum Gasteiger partial charge on any atom is -0.453 e. The van der Waals surface area contributed by atoms with Gasteiger partial charge in [-0.3, -0.25) is 14.5 Å². The summed E-state index contributed by atoms with van der Waals surface area (Å²) in [5.41, 5.74) is 1.70. The number of nitrogens with zero attached hydrogens (tertiary/aromatic N) is 1. The highest BCUT2D eigenvalue weighted by Crippen LogP contribution is 2.30. The summed E-state index contributed by atoms with van der Waals surface area (Å²) in [6.45, 7) is 2.43. The third-order valence-electron chi connectivity index (χ3n) is 4.95. The van der Waals surface area contributed by atoms with Gasteiger partial charge in [0.25, 0.3) is 0 Å². The van der Waals surface area contributed by atoms with Crippen molar-refractivity contribution in [1.29, 1.82) is 0 Å². The molecule has 1 heterocycles. The highest BCUT2D eigenvalue weighted by atomic mass is 16.5. The van der Waals surface area contributed by atoms with Crippen molar-refractivity contribution in [3.8, 4) is 0 Å². The Morgan fingerprint density at radius 1 is 1.12 bits per heavy atom. The van der Waals surface area contributed by atoms with Gasteiger partial charge in [-0.05, 0) is 50.3 Å². The highest BCUT2D eigenvalue weighted by molar-refractivity contribution is 5.94. The van der Waals surface area contributed by atoms with E-state index in [1.54, 1.807) is 0 Å². The van der Waals surface area contributed by atoms with Crippen molar-refractivity contribution >= 4 is 23.6 Å². The van der Waals surface area contributed by atoms with Crippen LogP contribution in [-0.2, 0) is 14.3 Å². The van der Waals surface area contributed by atoms with Gasteiger partial charge in [-0.25, -0.2) is 4.79 Å². The van der Waals surface area contributed by atoms with Gasteiger partial charge in [-0.15, -0.1) is 0 Å². The van der Waals surface area contributed by atoms with Gasteiger partial charge < -0.3 is 15.4 Å². The topological polar surface area (TPSA) is 87.7 Å². The van der Waals surface area contributed by atoms with Crippen molar-refractivity contribution in [3.63, 3.8) is 0 Å². The summed E-state index contributed by atoms with van der Waals surface area (Å²) in [5, 5.41) is 5.86. The molecule has 1 aromatic rings. The fraction of sp³-hybridized carbons (Fsp3) is 0.526. The molecule has 0 radical (unpaired) electrons. The number of carbonyl (C=O) groups excluding carboxylic acids is 3. The molecule has 1 aliphatic heterocycles. The van der Waals surface area contributed by atoms with E-state index in [1.165, 1.54) is 12.0 Å². The van der Waals surface area contributed by atoms with Crippen LogP contribution in [0.1, 0.15) is 44.2 Å². The van der Waals surface area contributed by atoms with Crippen LogP contribution in [0, 0.1) is 5.92 Å². The fourth-order valence-corrected chi connectivity index (χ4v) is 3.21. The summed E-state index contributed by atoms with van der Waals surface area (Å²) in [6, 6.07) is 6.78. The van der Waals surface area contributed by atoms with Crippen LogP contribution in [0.2, 0.25) is 0 Å². The first-order chi connectivity index (χ1) is 12.5. The van der Waals surface area contributed by atoms with Crippen LogP contribution in [0.15, 0.2) is 24.3 Å². The van der Waals surface area contributed by atoms with Gasteiger partial charge in [-0.1, -0.05) is 12.1 Å². The quantitative estimate of drug-likeness (QED) is 0.845. The zero-order valence-corrected chi connectivity index (χ0v) is 15.2. The first-order valence-corrected chi connectivity index (χ1v) is 9.05. The van der Waals surface area contributed by atoms with E-state index in [0.717, 1.165) is 30.5 Å². The molecule has 1 saturated carbocycles. The van der Waals surface area contributed by atoms with Crippen molar-refractivity contribution < 1.29 is 19.1 Å². The molecule has 3 rings (SSSR count). The van der Waals surface area contributed by atoms with Gasteiger partial charge >= 0.3 is 6.09 Å². The standard InChI is InChI=1S/C19H25N3O4/c1-12(20-18(24)16-4-3-11-22(16)19(25)26-2)13-7-9-15(10-8-13)21-17(23)14-5-6-14/h7-10,12,14,16H,3-6,11H2,1-2H3,(H,20,24)(H,21,23). The number of amides is 3. The SMILES string of the molecule is COC(=O)N1CCCC1C(=O)NC(C)c1ccc(NC(=O)C2CC2)cc1. The number of anilines is 1.